The number of hydrogen-bond acceptors (Lipinski definition) is 4. The number of rotatable bonds is 4. The van der Waals surface area contributed by atoms with Gasteiger partial charge in [0, 0.05) is 25.5 Å². The number of benzene rings is 1. The molecule has 3 heterocycles. The number of pyridine rings is 1. The van der Waals surface area contributed by atoms with Gasteiger partial charge in [-0.15, -0.1) is 0 Å². The number of carbonyl (C=O) groups excluding carboxylic acids is 2. The van der Waals surface area contributed by atoms with E-state index in [1.165, 1.54) is 10.5 Å². The normalized spacial score (nSPS) is 17.4. The van der Waals surface area contributed by atoms with Gasteiger partial charge in [-0.2, -0.15) is 0 Å². The Kier molecular flexibility index (Phi) is 4.52. The minimum absolute atomic E-state index is 0.195. The van der Waals surface area contributed by atoms with E-state index in [0.29, 0.717) is 11.3 Å². The lowest BCUT2D eigenvalue weighted by atomic mass is 9.99. The van der Waals surface area contributed by atoms with Crippen molar-refractivity contribution in [2.75, 3.05) is 13.1 Å². The molecule has 5 nitrogen and oxygen atoms in total. The minimum Gasteiger partial charge on any atom is -0.366 e. The molecule has 5 heteroatoms. The fraction of sp³-hybridized carbons (Fsp3) is 0.318. The Balaban J connectivity index is 1.76. The van der Waals surface area contributed by atoms with Gasteiger partial charge in [-0.1, -0.05) is 24.3 Å². The van der Waals surface area contributed by atoms with Crippen molar-refractivity contribution in [1.82, 2.24) is 14.8 Å². The molecule has 0 radical (unpaired) electrons. The fourth-order valence-corrected chi connectivity index (χ4v) is 3.77. The molecule has 0 unspecified atom stereocenters. The molecule has 1 fully saturated rings. The highest BCUT2D eigenvalue weighted by Gasteiger charge is 2.42. The molecule has 0 saturated carbocycles. The lowest BCUT2D eigenvalue weighted by Gasteiger charge is -2.20. The van der Waals surface area contributed by atoms with Crippen molar-refractivity contribution in [2.24, 2.45) is 0 Å². The van der Waals surface area contributed by atoms with Crippen LogP contribution in [0.15, 0.2) is 48.4 Å². The van der Waals surface area contributed by atoms with E-state index in [-0.39, 0.29) is 18.4 Å². The number of likely N-dealkylation sites (tertiary alicyclic amines) is 1. The number of imide groups is 1. The summed E-state index contributed by atoms with van der Waals surface area (Å²) in [5.41, 5.74) is 5.06. The van der Waals surface area contributed by atoms with Crippen LogP contribution in [0.25, 0.3) is 5.57 Å². The summed E-state index contributed by atoms with van der Waals surface area (Å²) in [6, 6.07) is 9.68. The Morgan fingerprint density at radius 3 is 2.44 bits per heavy atom. The molecular weight excluding hydrogens is 338 g/mol. The van der Waals surface area contributed by atoms with Gasteiger partial charge in [-0.05, 0) is 55.0 Å². The summed E-state index contributed by atoms with van der Waals surface area (Å²) in [5.74, 6) is -0.409. The summed E-state index contributed by atoms with van der Waals surface area (Å²) >= 11 is 0. The van der Waals surface area contributed by atoms with E-state index in [4.69, 9.17) is 0 Å². The second-order valence-electron chi connectivity index (χ2n) is 7.27. The maximum absolute atomic E-state index is 13.3. The summed E-state index contributed by atoms with van der Waals surface area (Å²) in [5, 5.41) is 0. The molecule has 138 valence electrons. The SMILES string of the molecule is Cc1ccc(C2=C(N3CCCC3)C(=O)N(Cc3cccnc3)C2=O)cc1C. The number of carbonyl (C=O) groups is 2. The largest absolute Gasteiger partial charge is 0.366 e. The molecule has 2 aliphatic heterocycles. The third-order valence-electron chi connectivity index (χ3n) is 5.42. The van der Waals surface area contributed by atoms with Crippen LogP contribution < -0.4 is 0 Å². The summed E-state index contributed by atoms with van der Waals surface area (Å²) in [6.45, 7) is 5.97. The van der Waals surface area contributed by atoms with E-state index in [2.05, 4.69) is 9.88 Å². The number of aryl methyl sites for hydroxylation is 2. The number of hydrogen-bond donors (Lipinski definition) is 0. The molecule has 1 aromatic carbocycles. The topological polar surface area (TPSA) is 53.5 Å². The third-order valence-corrected chi connectivity index (χ3v) is 5.42. The first-order valence-corrected chi connectivity index (χ1v) is 9.38. The molecule has 0 spiro atoms. The average molecular weight is 361 g/mol. The fourth-order valence-electron chi connectivity index (χ4n) is 3.77. The van der Waals surface area contributed by atoms with Crippen LogP contribution in [-0.2, 0) is 16.1 Å². The maximum Gasteiger partial charge on any atom is 0.278 e. The number of nitrogens with zero attached hydrogens (tertiary/aromatic N) is 3. The first-order valence-electron chi connectivity index (χ1n) is 9.38. The van der Waals surface area contributed by atoms with Gasteiger partial charge in [0.1, 0.15) is 5.70 Å². The van der Waals surface area contributed by atoms with Crippen molar-refractivity contribution in [2.45, 2.75) is 33.2 Å². The molecule has 0 N–H and O–H groups in total. The van der Waals surface area contributed by atoms with Gasteiger partial charge in [0.25, 0.3) is 11.8 Å². The Bertz CT molecular complexity index is 928. The molecule has 0 bridgehead atoms. The second-order valence-corrected chi connectivity index (χ2v) is 7.27. The molecule has 2 aromatic rings. The van der Waals surface area contributed by atoms with Crippen LogP contribution in [-0.4, -0.2) is 39.7 Å². The first kappa shape index (κ1) is 17.5. The van der Waals surface area contributed by atoms with Crippen molar-refractivity contribution >= 4 is 17.4 Å². The molecule has 4 rings (SSSR count). The molecule has 2 amide bonds. The molecule has 0 aliphatic carbocycles. The van der Waals surface area contributed by atoms with Crippen molar-refractivity contribution in [1.29, 1.82) is 0 Å². The van der Waals surface area contributed by atoms with E-state index in [1.54, 1.807) is 12.4 Å². The zero-order chi connectivity index (χ0) is 19.0. The van der Waals surface area contributed by atoms with Crippen LogP contribution >= 0.6 is 0 Å². The molecule has 0 atom stereocenters. The van der Waals surface area contributed by atoms with Crippen molar-refractivity contribution < 1.29 is 9.59 Å². The van der Waals surface area contributed by atoms with Crippen molar-refractivity contribution in [3.05, 3.63) is 70.7 Å². The van der Waals surface area contributed by atoms with E-state index in [9.17, 15) is 9.59 Å². The lowest BCUT2D eigenvalue weighted by molar-refractivity contribution is -0.138. The van der Waals surface area contributed by atoms with Crippen molar-refractivity contribution in [3.8, 4) is 0 Å². The highest BCUT2D eigenvalue weighted by atomic mass is 16.2. The van der Waals surface area contributed by atoms with Gasteiger partial charge in [-0.3, -0.25) is 19.5 Å². The molecule has 1 aromatic heterocycles. The van der Waals surface area contributed by atoms with Gasteiger partial charge >= 0.3 is 0 Å². The van der Waals surface area contributed by atoms with E-state index in [1.807, 2.05) is 44.2 Å². The summed E-state index contributed by atoms with van der Waals surface area (Å²) in [4.78, 5) is 34.0. The minimum atomic E-state index is -0.214. The van der Waals surface area contributed by atoms with E-state index in [0.717, 1.165) is 42.6 Å². The average Bonchev–Trinajstić information content (AvgIpc) is 3.27. The van der Waals surface area contributed by atoms with Gasteiger partial charge < -0.3 is 4.90 Å². The Labute approximate surface area is 159 Å². The predicted octanol–water partition coefficient (Wildman–Crippen LogP) is 3.07. The quantitative estimate of drug-likeness (QED) is 0.786. The van der Waals surface area contributed by atoms with Crippen LogP contribution in [0.4, 0.5) is 0 Å². The zero-order valence-corrected chi connectivity index (χ0v) is 15.7. The van der Waals surface area contributed by atoms with Crippen LogP contribution in [0.1, 0.15) is 35.1 Å². The highest BCUT2D eigenvalue weighted by Crippen LogP contribution is 2.34. The third kappa shape index (κ3) is 3.14. The van der Waals surface area contributed by atoms with Crippen molar-refractivity contribution in [3.63, 3.8) is 0 Å². The lowest BCUT2D eigenvalue weighted by Crippen LogP contribution is -2.34. The standard InChI is InChI=1S/C22H23N3O2/c1-15-7-8-18(12-16(15)2)19-20(24-10-3-4-11-24)22(27)25(21(19)26)14-17-6-5-9-23-13-17/h5-9,12-13H,3-4,10-11,14H2,1-2H3. The van der Waals surface area contributed by atoms with Gasteiger partial charge in [-0.25, -0.2) is 0 Å². The smallest absolute Gasteiger partial charge is 0.278 e. The van der Waals surface area contributed by atoms with E-state index >= 15 is 0 Å². The Morgan fingerprint density at radius 1 is 1.00 bits per heavy atom. The summed E-state index contributed by atoms with van der Waals surface area (Å²) in [7, 11) is 0. The van der Waals surface area contributed by atoms with Crippen LogP contribution in [0.3, 0.4) is 0 Å². The Morgan fingerprint density at radius 2 is 1.78 bits per heavy atom. The summed E-state index contributed by atoms with van der Waals surface area (Å²) in [6.07, 6.45) is 5.48. The monoisotopic (exact) mass is 361 g/mol. The zero-order valence-electron chi connectivity index (χ0n) is 15.7. The van der Waals surface area contributed by atoms with Gasteiger partial charge in [0.15, 0.2) is 0 Å². The first-order chi connectivity index (χ1) is 13.1. The van der Waals surface area contributed by atoms with Crippen LogP contribution in [0.5, 0.6) is 0 Å². The Hall–Kier alpha value is -2.95. The second kappa shape index (κ2) is 6.99. The summed E-state index contributed by atoms with van der Waals surface area (Å²) < 4.78 is 0. The molecule has 1 saturated heterocycles. The van der Waals surface area contributed by atoms with Crippen LogP contribution in [0, 0.1) is 13.8 Å². The van der Waals surface area contributed by atoms with E-state index < -0.39 is 0 Å². The molecular formula is C22H23N3O2. The highest BCUT2D eigenvalue weighted by molar-refractivity contribution is 6.35. The predicted molar refractivity (Wildman–Crippen MR) is 103 cm³/mol. The maximum atomic E-state index is 13.3. The molecule has 2 aliphatic rings. The number of amides is 2. The number of aromatic nitrogens is 1. The van der Waals surface area contributed by atoms with Crippen LogP contribution in [0.2, 0.25) is 0 Å². The van der Waals surface area contributed by atoms with Gasteiger partial charge in [0.2, 0.25) is 0 Å². The molecule has 27 heavy (non-hydrogen) atoms. The van der Waals surface area contributed by atoms with Gasteiger partial charge in [0.05, 0.1) is 12.1 Å².